The van der Waals surface area contributed by atoms with Crippen LogP contribution in [0.1, 0.15) is 24.1 Å². The van der Waals surface area contributed by atoms with E-state index in [1.54, 1.807) is 19.1 Å². The zero-order valence-electron chi connectivity index (χ0n) is 10.7. The minimum Gasteiger partial charge on any atom is -0.378 e. The number of hydrogen-bond acceptors (Lipinski definition) is 1. The van der Waals surface area contributed by atoms with Gasteiger partial charge in [0.1, 0.15) is 17.5 Å². The van der Waals surface area contributed by atoms with Crippen molar-refractivity contribution in [1.82, 2.24) is 0 Å². The molecule has 0 aliphatic rings. The third-order valence-corrected chi connectivity index (χ3v) is 2.95. The molecule has 0 amide bonds. The Labute approximate surface area is 110 Å². The third-order valence-electron chi connectivity index (χ3n) is 2.95. The van der Waals surface area contributed by atoms with Gasteiger partial charge in [0.15, 0.2) is 0 Å². The zero-order chi connectivity index (χ0) is 14.0. The molecule has 4 heteroatoms. The Morgan fingerprint density at radius 2 is 1.74 bits per heavy atom. The molecule has 1 unspecified atom stereocenters. The fraction of sp³-hybridized carbons (Fsp3) is 0.200. The molecule has 0 aliphatic carbocycles. The average Bonchev–Trinajstić information content (AvgIpc) is 2.33. The van der Waals surface area contributed by atoms with E-state index in [9.17, 15) is 13.2 Å². The number of rotatable bonds is 3. The summed E-state index contributed by atoms with van der Waals surface area (Å²) < 4.78 is 40.3. The van der Waals surface area contributed by atoms with Crippen LogP contribution in [0, 0.1) is 24.4 Å². The summed E-state index contributed by atoms with van der Waals surface area (Å²) in [7, 11) is 0. The van der Waals surface area contributed by atoms with Crippen molar-refractivity contribution in [3.8, 4) is 0 Å². The molecule has 0 aromatic heterocycles. The second-order valence-corrected chi connectivity index (χ2v) is 4.50. The van der Waals surface area contributed by atoms with Gasteiger partial charge in [-0.2, -0.15) is 0 Å². The molecule has 0 bridgehead atoms. The van der Waals surface area contributed by atoms with Crippen molar-refractivity contribution in [2.45, 2.75) is 19.9 Å². The predicted molar refractivity (Wildman–Crippen MR) is 69.5 cm³/mol. The van der Waals surface area contributed by atoms with Gasteiger partial charge in [-0.15, -0.1) is 0 Å². The van der Waals surface area contributed by atoms with Crippen LogP contribution in [0.15, 0.2) is 36.4 Å². The number of anilines is 1. The van der Waals surface area contributed by atoms with Gasteiger partial charge in [-0.1, -0.05) is 6.07 Å². The summed E-state index contributed by atoms with van der Waals surface area (Å²) in [5.41, 5.74) is 0.999. The van der Waals surface area contributed by atoms with Crippen molar-refractivity contribution in [2.24, 2.45) is 0 Å². The van der Waals surface area contributed by atoms with Crippen LogP contribution in [-0.4, -0.2) is 0 Å². The van der Waals surface area contributed by atoms with E-state index in [4.69, 9.17) is 0 Å². The molecule has 19 heavy (non-hydrogen) atoms. The maximum absolute atomic E-state index is 13.8. The number of nitrogens with one attached hydrogen (secondary N) is 1. The van der Waals surface area contributed by atoms with Gasteiger partial charge in [-0.25, -0.2) is 13.2 Å². The molecule has 0 aliphatic heterocycles. The lowest BCUT2D eigenvalue weighted by molar-refractivity contribution is 0.571. The van der Waals surface area contributed by atoms with Gasteiger partial charge in [-0.3, -0.25) is 0 Å². The van der Waals surface area contributed by atoms with Gasteiger partial charge in [0.2, 0.25) is 0 Å². The fourth-order valence-corrected chi connectivity index (χ4v) is 1.90. The molecule has 1 nitrogen and oxygen atoms in total. The Hall–Kier alpha value is -1.97. The van der Waals surface area contributed by atoms with Crippen LogP contribution in [0.25, 0.3) is 0 Å². The van der Waals surface area contributed by atoms with Crippen molar-refractivity contribution in [1.29, 1.82) is 0 Å². The molecule has 0 fully saturated rings. The summed E-state index contributed by atoms with van der Waals surface area (Å²) in [4.78, 5) is 0. The molecule has 2 aromatic rings. The van der Waals surface area contributed by atoms with Crippen LogP contribution >= 0.6 is 0 Å². The second kappa shape index (κ2) is 5.34. The molecule has 1 atom stereocenters. The van der Waals surface area contributed by atoms with Crippen LogP contribution in [0.2, 0.25) is 0 Å². The number of benzene rings is 2. The highest BCUT2D eigenvalue weighted by atomic mass is 19.1. The van der Waals surface area contributed by atoms with Crippen molar-refractivity contribution in [2.75, 3.05) is 5.32 Å². The quantitative estimate of drug-likeness (QED) is 0.856. The second-order valence-electron chi connectivity index (χ2n) is 4.50. The highest BCUT2D eigenvalue weighted by Crippen LogP contribution is 2.24. The van der Waals surface area contributed by atoms with E-state index in [2.05, 4.69) is 5.32 Å². The molecule has 0 radical (unpaired) electrons. The van der Waals surface area contributed by atoms with Gasteiger partial charge in [0.05, 0.1) is 6.04 Å². The summed E-state index contributed by atoms with van der Waals surface area (Å²) in [6.07, 6.45) is 0. The van der Waals surface area contributed by atoms with Gasteiger partial charge in [0, 0.05) is 11.3 Å². The highest BCUT2D eigenvalue weighted by molar-refractivity contribution is 5.45. The molecule has 0 saturated heterocycles. The normalized spacial score (nSPS) is 12.3. The SMILES string of the molecule is Cc1cc(F)c(C(C)Nc2cccc(F)c2)cc1F. The summed E-state index contributed by atoms with van der Waals surface area (Å²) >= 11 is 0. The van der Waals surface area contributed by atoms with Gasteiger partial charge in [0.25, 0.3) is 0 Å². The van der Waals surface area contributed by atoms with Crippen LogP contribution in [-0.2, 0) is 0 Å². The maximum Gasteiger partial charge on any atom is 0.128 e. The van der Waals surface area contributed by atoms with Crippen LogP contribution in [0.4, 0.5) is 18.9 Å². The first-order chi connectivity index (χ1) is 8.97. The van der Waals surface area contributed by atoms with E-state index in [0.29, 0.717) is 5.69 Å². The molecule has 2 aromatic carbocycles. The molecular weight excluding hydrogens is 251 g/mol. The minimum atomic E-state index is -0.477. The summed E-state index contributed by atoms with van der Waals surface area (Å²) in [6.45, 7) is 3.20. The van der Waals surface area contributed by atoms with Crippen LogP contribution in [0.5, 0.6) is 0 Å². The Balaban J connectivity index is 2.25. The molecular formula is C15H14F3N. The molecule has 2 rings (SSSR count). The monoisotopic (exact) mass is 265 g/mol. The Kier molecular flexibility index (Phi) is 3.79. The lowest BCUT2D eigenvalue weighted by Gasteiger charge is -2.17. The smallest absolute Gasteiger partial charge is 0.128 e. The molecule has 0 heterocycles. The average molecular weight is 265 g/mol. The van der Waals surface area contributed by atoms with E-state index >= 15 is 0 Å². The number of hydrogen-bond donors (Lipinski definition) is 1. The largest absolute Gasteiger partial charge is 0.378 e. The maximum atomic E-state index is 13.8. The van der Waals surface area contributed by atoms with E-state index in [1.807, 2.05) is 0 Å². The Morgan fingerprint density at radius 3 is 2.42 bits per heavy atom. The minimum absolute atomic E-state index is 0.215. The topological polar surface area (TPSA) is 12.0 Å². The summed E-state index contributed by atoms with van der Waals surface area (Å²) in [5, 5.41) is 2.94. The van der Waals surface area contributed by atoms with E-state index in [1.165, 1.54) is 25.1 Å². The van der Waals surface area contributed by atoms with Crippen molar-refractivity contribution < 1.29 is 13.2 Å². The van der Waals surface area contributed by atoms with Gasteiger partial charge >= 0.3 is 0 Å². The first kappa shape index (κ1) is 13.5. The fourth-order valence-electron chi connectivity index (χ4n) is 1.90. The first-order valence-corrected chi connectivity index (χ1v) is 5.95. The number of aryl methyl sites for hydroxylation is 1. The van der Waals surface area contributed by atoms with Crippen molar-refractivity contribution >= 4 is 5.69 Å². The number of halogens is 3. The predicted octanol–water partition coefficient (Wildman–Crippen LogP) is 4.59. The summed E-state index contributed by atoms with van der Waals surface area (Å²) in [6, 6.07) is 7.71. The molecule has 0 spiro atoms. The van der Waals surface area contributed by atoms with Gasteiger partial charge in [-0.05, 0) is 49.7 Å². The lowest BCUT2D eigenvalue weighted by atomic mass is 10.0. The van der Waals surface area contributed by atoms with Gasteiger partial charge < -0.3 is 5.32 Å². The standard InChI is InChI=1S/C15H14F3N/c1-9-6-15(18)13(8-14(9)17)10(2)19-12-5-3-4-11(16)7-12/h3-8,10,19H,1-2H3. The van der Waals surface area contributed by atoms with E-state index < -0.39 is 17.7 Å². The van der Waals surface area contributed by atoms with E-state index in [-0.39, 0.29) is 16.9 Å². The van der Waals surface area contributed by atoms with Crippen molar-refractivity contribution in [3.63, 3.8) is 0 Å². The van der Waals surface area contributed by atoms with Crippen LogP contribution in [0.3, 0.4) is 0 Å². The summed E-state index contributed by atoms with van der Waals surface area (Å²) in [5.74, 6) is -1.31. The molecule has 0 saturated carbocycles. The first-order valence-electron chi connectivity index (χ1n) is 5.95. The molecule has 100 valence electrons. The van der Waals surface area contributed by atoms with E-state index in [0.717, 1.165) is 6.07 Å². The van der Waals surface area contributed by atoms with Crippen LogP contribution < -0.4 is 5.32 Å². The Bertz CT molecular complexity index is 596. The lowest BCUT2D eigenvalue weighted by Crippen LogP contribution is -2.09. The zero-order valence-corrected chi connectivity index (χ0v) is 10.7. The Morgan fingerprint density at radius 1 is 1.00 bits per heavy atom. The van der Waals surface area contributed by atoms with Crippen molar-refractivity contribution in [3.05, 3.63) is 65.0 Å². The third kappa shape index (κ3) is 3.08. The highest BCUT2D eigenvalue weighted by Gasteiger charge is 2.14. The molecule has 1 N–H and O–H groups in total.